The van der Waals surface area contributed by atoms with Crippen molar-refractivity contribution < 1.29 is 4.79 Å². The van der Waals surface area contributed by atoms with Crippen molar-refractivity contribution in [1.82, 2.24) is 20.1 Å². The lowest BCUT2D eigenvalue weighted by Gasteiger charge is -2.28. The number of carbonyl (C=O) groups is 1. The summed E-state index contributed by atoms with van der Waals surface area (Å²) >= 11 is 1.45. The molecule has 162 valence electrons. The second-order valence-corrected chi connectivity index (χ2v) is 9.27. The summed E-state index contributed by atoms with van der Waals surface area (Å²) < 4.78 is 2.08. The summed E-state index contributed by atoms with van der Waals surface area (Å²) in [7, 11) is 0. The van der Waals surface area contributed by atoms with E-state index in [0.717, 1.165) is 35.4 Å². The van der Waals surface area contributed by atoms with E-state index in [1.807, 2.05) is 37.3 Å². The quantitative estimate of drug-likeness (QED) is 0.559. The Hall–Kier alpha value is -2.80. The first-order chi connectivity index (χ1) is 15.1. The van der Waals surface area contributed by atoms with E-state index >= 15 is 0 Å². The predicted molar refractivity (Wildman–Crippen MR) is 126 cm³/mol. The van der Waals surface area contributed by atoms with Crippen molar-refractivity contribution in [1.29, 1.82) is 0 Å². The van der Waals surface area contributed by atoms with Gasteiger partial charge in [-0.05, 0) is 50.8 Å². The van der Waals surface area contributed by atoms with Gasteiger partial charge in [-0.15, -0.1) is 10.2 Å². The van der Waals surface area contributed by atoms with E-state index in [2.05, 4.69) is 56.2 Å². The van der Waals surface area contributed by atoms with Crippen molar-refractivity contribution in [2.45, 2.75) is 50.1 Å². The van der Waals surface area contributed by atoms with Crippen LogP contribution in [0.5, 0.6) is 0 Å². The molecule has 1 saturated heterocycles. The van der Waals surface area contributed by atoms with Crippen molar-refractivity contribution in [3.05, 3.63) is 65.7 Å². The highest BCUT2D eigenvalue weighted by molar-refractivity contribution is 8.00. The number of hydrogen-bond acceptors (Lipinski definition) is 5. The molecule has 1 unspecified atom stereocenters. The SMILES string of the molecule is Cc1ccc(CNC(=O)C(C)Sc2nnc(N3CCCCC3)n2-c2ccccc2)cc1. The van der Waals surface area contributed by atoms with E-state index in [4.69, 9.17) is 0 Å². The molecule has 1 aliphatic heterocycles. The van der Waals surface area contributed by atoms with Crippen LogP contribution in [0, 0.1) is 6.92 Å². The van der Waals surface area contributed by atoms with Crippen molar-refractivity contribution in [2.75, 3.05) is 18.0 Å². The molecule has 2 aromatic carbocycles. The van der Waals surface area contributed by atoms with Crippen LogP contribution in [0.15, 0.2) is 59.8 Å². The average Bonchev–Trinajstić information content (AvgIpc) is 3.23. The number of nitrogens with one attached hydrogen (secondary N) is 1. The molecule has 0 aliphatic carbocycles. The van der Waals surface area contributed by atoms with Crippen LogP contribution < -0.4 is 10.2 Å². The number of aryl methyl sites for hydroxylation is 1. The molecule has 3 aromatic rings. The maximum absolute atomic E-state index is 12.7. The molecule has 0 radical (unpaired) electrons. The van der Waals surface area contributed by atoms with Crippen LogP contribution in [-0.2, 0) is 11.3 Å². The summed E-state index contributed by atoms with van der Waals surface area (Å²) in [6.07, 6.45) is 3.60. The summed E-state index contributed by atoms with van der Waals surface area (Å²) in [6, 6.07) is 18.4. The Bertz CT molecular complexity index is 997. The van der Waals surface area contributed by atoms with Gasteiger partial charge in [-0.25, -0.2) is 0 Å². The Balaban J connectivity index is 1.49. The van der Waals surface area contributed by atoms with E-state index in [9.17, 15) is 4.79 Å². The Labute approximate surface area is 188 Å². The van der Waals surface area contributed by atoms with Gasteiger partial charge in [0.05, 0.1) is 10.9 Å². The van der Waals surface area contributed by atoms with Crippen LogP contribution in [0.25, 0.3) is 5.69 Å². The average molecular weight is 436 g/mol. The highest BCUT2D eigenvalue weighted by Gasteiger charge is 2.24. The molecule has 0 spiro atoms. The minimum absolute atomic E-state index is 0.00675. The van der Waals surface area contributed by atoms with E-state index in [0.29, 0.717) is 6.54 Å². The normalized spacial score (nSPS) is 15.0. The molecule has 1 amide bonds. The zero-order valence-electron chi connectivity index (χ0n) is 18.1. The number of thioether (sulfide) groups is 1. The van der Waals surface area contributed by atoms with Gasteiger partial charge in [0, 0.05) is 19.6 Å². The Kier molecular flexibility index (Phi) is 6.92. The lowest BCUT2D eigenvalue weighted by Crippen LogP contribution is -2.32. The number of carbonyl (C=O) groups excluding carboxylic acids is 1. The lowest BCUT2D eigenvalue weighted by atomic mass is 10.1. The maximum Gasteiger partial charge on any atom is 0.233 e. The Morgan fingerprint density at radius 1 is 1.03 bits per heavy atom. The fourth-order valence-corrected chi connectivity index (χ4v) is 4.58. The zero-order valence-corrected chi connectivity index (χ0v) is 18.9. The van der Waals surface area contributed by atoms with Crippen molar-refractivity contribution >= 4 is 23.6 Å². The van der Waals surface area contributed by atoms with Gasteiger partial charge < -0.3 is 10.2 Å². The highest BCUT2D eigenvalue weighted by atomic mass is 32.2. The minimum atomic E-state index is -0.286. The van der Waals surface area contributed by atoms with Crippen molar-refractivity contribution in [2.24, 2.45) is 0 Å². The van der Waals surface area contributed by atoms with Gasteiger partial charge in [0.25, 0.3) is 0 Å². The lowest BCUT2D eigenvalue weighted by molar-refractivity contribution is -0.120. The van der Waals surface area contributed by atoms with E-state index < -0.39 is 0 Å². The molecule has 1 N–H and O–H groups in total. The van der Waals surface area contributed by atoms with Gasteiger partial charge in [0.2, 0.25) is 11.9 Å². The number of hydrogen-bond donors (Lipinski definition) is 1. The molecule has 1 atom stereocenters. The second kappa shape index (κ2) is 10.0. The number of piperidine rings is 1. The number of amides is 1. The maximum atomic E-state index is 12.7. The summed E-state index contributed by atoms with van der Waals surface area (Å²) in [5, 5.41) is 12.5. The van der Waals surface area contributed by atoms with E-state index in [1.54, 1.807) is 0 Å². The summed E-state index contributed by atoms with van der Waals surface area (Å²) in [4.78, 5) is 15.0. The molecule has 31 heavy (non-hydrogen) atoms. The first kappa shape index (κ1) is 21.4. The zero-order chi connectivity index (χ0) is 21.6. The largest absolute Gasteiger partial charge is 0.351 e. The molecule has 4 rings (SSSR count). The predicted octanol–water partition coefficient (Wildman–Crippen LogP) is 4.36. The highest BCUT2D eigenvalue weighted by Crippen LogP contribution is 2.30. The number of benzene rings is 2. The summed E-state index contributed by atoms with van der Waals surface area (Å²) in [5.74, 6) is 0.855. The molecule has 0 bridgehead atoms. The number of rotatable bonds is 7. The van der Waals surface area contributed by atoms with E-state index in [-0.39, 0.29) is 11.2 Å². The third kappa shape index (κ3) is 5.28. The molecule has 7 heteroatoms. The molecule has 6 nitrogen and oxygen atoms in total. The van der Waals surface area contributed by atoms with Gasteiger partial charge >= 0.3 is 0 Å². The Morgan fingerprint density at radius 2 is 1.74 bits per heavy atom. The van der Waals surface area contributed by atoms with Gasteiger partial charge in [0.1, 0.15) is 0 Å². The fraction of sp³-hybridized carbons (Fsp3) is 0.375. The second-order valence-electron chi connectivity index (χ2n) is 7.96. The molecule has 0 saturated carbocycles. The minimum Gasteiger partial charge on any atom is -0.351 e. The summed E-state index contributed by atoms with van der Waals surface area (Å²) in [6.45, 7) is 6.47. The van der Waals surface area contributed by atoms with Crippen LogP contribution in [0.1, 0.15) is 37.3 Å². The standard InChI is InChI=1S/C24H29N5OS/c1-18-11-13-20(14-12-18)17-25-22(30)19(2)31-24-27-26-23(28-15-7-4-8-16-28)29(24)21-9-5-3-6-10-21/h3,5-6,9-14,19H,4,7-8,15-17H2,1-2H3,(H,25,30). The monoisotopic (exact) mass is 435 g/mol. The van der Waals surface area contributed by atoms with Crippen LogP contribution in [0.3, 0.4) is 0 Å². The first-order valence-corrected chi connectivity index (χ1v) is 11.8. The Morgan fingerprint density at radius 3 is 2.45 bits per heavy atom. The van der Waals surface area contributed by atoms with Crippen molar-refractivity contribution in [3.63, 3.8) is 0 Å². The molecular formula is C24H29N5OS. The summed E-state index contributed by atoms with van der Waals surface area (Å²) in [5.41, 5.74) is 3.32. The van der Waals surface area contributed by atoms with E-state index in [1.165, 1.54) is 36.6 Å². The van der Waals surface area contributed by atoms with Crippen LogP contribution in [0.4, 0.5) is 5.95 Å². The number of para-hydroxylation sites is 1. The van der Waals surface area contributed by atoms with Gasteiger partial charge in [0.15, 0.2) is 5.16 Å². The van der Waals surface area contributed by atoms with Crippen LogP contribution in [-0.4, -0.2) is 39.0 Å². The molecule has 1 fully saturated rings. The van der Waals surface area contributed by atoms with Gasteiger partial charge in [-0.1, -0.05) is 59.8 Å². The fourth-order valence-electron chi connectivity index (χ4n) is 3.69. The van der Waals surface area contributed by atoms with Crippen molar-refractivity contribution in [3.8, 4) is 5.69 Å². The molecular weight excluding hydrogens is 406 g/mol. The number of nitrogens with zero attached hydrogens (tertiary/aromatic N) is 4. The van der Waals surface area contributed by atoms with Gasteiger partial charge in [-0.2, -0.15) is 0 Å². The molecule has 1 aromatic heterocycles. The molecule has 2 heterocycles. The third-order valence-corrected chi connectivity index (χ3v) is 6.55. The molecule has 1 aliphatic rings. The van der Waals surface area contributed by atoms with Crippen LogP contribution >= 0.6 is 11.8 Å². The number of anilines is 1. The first-order valence-electron chi connectivity index (χ1n) is 10.9. The topological polar surface area (TPSA) is 63.1 Å². The number of aromatic nitrogens is 3. The smallest absolute Gasteiger partial charge is 0.233 e. The third-order valence-electron chi connectivity index (χ3n) is 5.51. The van der Waals surface area contributed by atoms with Crippen LogP contribution in [0.2, 0.25) is 0 Å². The van der Waals surface area contributed by atoms with Gasteiger partial charge in [-0.3, -0.25) is 9.36 Å².